The fraction of sp³-hybridized carbons (Fsp3) is 0.188. The summed E-state index contributed by atoms with van der Waals surface area (Å²) in [4.78, 5) is 18.6. The minimum absolute atomic E-state index is 0.203. The van der Waals surface area contributed by atoms with Gasteiger partial charge in [0.05, 0.1) is 5.52 Å². The molecule has 22 heavy (non-hydrogen) atoms. The number of hydrogen-bond acceptors (Lipinski definition) is 4. The fourth-order valence-electron chi connectivity index (χ4n) is 2.37. The van der Waals surface area contributed by atoms with Crippen LogP contribution in [0.2, 0.25) is 0 Å². The first-order valence-electron chi connectivity index (χ1n) is 6.99. The number of aromatic amines is 1. The van der Waals surface area contributed by atoms with E-state index in [4.69, 9.17) is 0 Å². The molecule has 1 amide bonds. The van der Waals surface area contributed by atoms with E-state index in [0.717, 1.165) is 22.3 Å². The van der Waals surface area contributed by atoms with Gasteiger partial charge in [-0.15, -0.1) is 0 Å². The zero-order chi connectivity index (χ0) is 15.5. The Morgan fingerprint density at radius 1 is 1.23 bits per heavy atom. The number of hydrogen-bond donors (Lipinski definition) is 2. The van der Waals surface area contributed by atoms with Crippen molar-refractivity contribution in [1.29, 1.82) is 0 Å². The Morgan fingerprint density at radius 2 is 2.05 bits per heavy atom. The number of carbonyl (C=O) groups is 1. The number of H-pyrrole nitrogens is 1. The lowest BCUT2D eigenvalue weighted by molar-refractivity contribution is 0.0947. The summed E-state index contributed by atoms with van der Waals surface area (Å²) >= 11 is 0. The minimum atomic E-state index is -0.203. The Balaban J connectivity index is 1.78. The average molecular weight is 295 g/mol. The van der Waals surface area contributed by atoms with Crippen molar-refractivity contribution in [2.45, 2.75) is 6.54 Å². The molecule has 2 N–H and O–H groups in total. The normalized spacial score (nSPS) is 10.6. The van der Waals surface area contributed by atoms with E-state index in [1.54, 1.807) is 6.20 Å². The Labute approximate surface area is 128 Å². The SMILES string of the molecule is CN(C)c1ncccc1CNC(=O)c1n[nH]c2ccccc12. The second-order valence-electron chi connectivity index (χ2n) is 5.18. The monoisotopic (exact) mass is 295 g/mol. The number of nitrogens with zero attached hydrogens (tertiary/aromatic N) is 3. The second kappa shape index (κ2) is 5.85. The van der Waals surface area contributed by atoms with Crippen molar-refractivity contribution in [3.63, 3.8) is 0 Å². The maximum absolute atomic E-state index is 12.3. The van der Waals surface area contributed by atoms with Crippen LogP contribution in [0.1, 0.15) is 16.1 Å². The molecular formula is C16H17N5O. The summed E-state index contributed by atoms with van der Waals surface area (Å²) in [5, 5.41) is 10.7. The number of carbonyl (C=O) groups excluding carboxylic acids is 1. The molecule has 0 atom stereocenters. The smallest absolute Gasteiger partial charge is 0.272 e. The summed E-state index contributed by atoms with van der Waals surface area (Å²) in [5.41, 5.74) is 2.22. The van der Waals surface area contributed by atoms with Crippen molar-refractivity contribution in [2.24, 2.45) is 0 Å². The van der Waals surface area contributed by atoms with E-state index in [9.17, 15) is 4.79 Å². The number of pyridine rings is 1. The van der Waals surface area contributed by atoms with Gasteiger partial charge in [0.1, 0.15) is 5.82 Å². The summed E-state index contributed by atoms with van der Waals surface area (Å²) in [6, 6.07) is 11.4. The van der Waals surface area contributed by atoms with Crippen LogP contribution in [0.4, 0.5) is 5.82 Å². The third kappa shape index (κ3) is 2.63. The lowest BCUT2D eigenvalue weighted by Crippen LogP contribution is -2.25. The van der Waals surface area contributed by atoms with E-state index >= 15 is 0 Å². The predicted octanol–water partition coefficient (Wildman–Crippen LogP) is 1.95. The molecule has 0 spiro atoms. The molecule has 2 aromatic heterocycles. The number of benzene rings is 1. The van der Waals surface area contributed by atoms with Crippen molar-refractivity contribution in [3.05, 3.63) is 53.9 Å². The van der Waals surface area contributed by atoms with Crippen LogP contribution in [0, 0.1) is 0 Å². The van der Waals surface area contributed by atoms with Gasteiger partial charge < -0.3 is 10.2 Å². The van der Waals surface area contributed by atoms with Gasteiger partial charge in [-0.05, 0) is 12.1 Å². The summed E-state index contributed by atoms with van der Waals surface area (Å²) in [7, 11) is 3.85. The molecule has 3 rings (SSSR count). The molecule has 0 radical (unpaired) electrons. The third-order valence-electron chi connectivity index (χ3n) is 3.42. The maximum Gasteiger partial charge on any atom is 0.272 e. The number of rotatable bonds is 4. The number of nitrogens with one attached hydrogen (secondary N) is 2. The molecule has 3 aromatic rings. The molecule has 6 nitrogen and oxygen atoms in total. The average Bonchev–Trinajstić information content (AvgIpc) is 2.97. The van der Waals surface area contributed by atoms with Gasteiger partial charge in [0.25, 0.3) is 5.91 Å². The van der Waals surface area contributed by atoms with E-state index < -0.39 is 0 Å². The van der Waals surface area contributed by atoms with E-state index in [2.05, 4.69) is 20.5 Å². The van der Waals surface area contributed by atoms with E-state index in [0.29, 0.717) is 12.2 Å². The molecular weight excluding hydrogens is 278 g/mol. The van der Waals surface area contributed by atoms with Gasteiger partial charge in [-0.2, -0.15) is 5.10 Å². The molecule has 112 valence electrons. The number of para-hydroxylation sites is 1. The predicted molar refractivity (Wildman–Crippen MR) is 85.8 cm³/mol. The Bertz CT molecular complexity index is 809. The van der Waals surface area contributed by atoms with Crippen LogP contribution in [0.15, 0.2) is 42.6 Å². The van der Waals surface area contributed by atoms with Crippen molar-refractivity contribution < 1.29 is 4.79 Å². The van der Waals surface area contributed by atoms with E-state index in [1.807, 2.05) is 55.4 Å². The van der Waals surface area contributed by atoms with Crippen LogP contribution in [0.5, 0.6) is 0 Å². The topological polar surface area (TPSA) is 73.9 Å². The first-order valence-corrected chi connectivity index (χ1v) is 6.99. The summed E-state index contributed by atoms with van der Waals surface area (Å²) in [6.45, 7) is 0.404. The number of anilines is 1. The van der Waals surface area contributed by atoms with Crippen LogP contribution in [0.25, 0.3) is 10.9 Å². The highest BCUT2D eigenvalue weighted by Crippen LogP contribution is 2.16. The van der Waals surface area contributed by atoms with Crippen LogP contribution in [-0.2, 0) is 6.54 Å². The maximum atomic E-state index is 12.3. The summed E-state index contributed by atoms with van der Waals surface area (Å²) < 4.78 is 0. The fourth-order valence-corrected chi connectivity index (χ4v) is 2.37. The molecule has 0 aliphatic heterocycles. The van der Waals surface area contributed by atoms with E-state index in [-0.39, 0.29) is 5.91 Å². The van der Waals surface area contributed by atoms with Crippen LogP contribution in [0.3, 0.4) is 0 Å². The van der Waals surface area contributed by atoms with Gasteiger partial charge in [-0.25, -0.2) is 4.98 Å². The lowest BCUT2D eigenvalue weighted by atomic mass is 10.2. The largest absolute Gasteiger partial charge is 0.362 e. The van der Waals surface area contributed by atoms with Crippen molar-refractivity contribution in [1.82, 2.24) is 20.5 Å². The number of amides is 1. The van der Waals surface area contributed by atoms with Gasteiger partial charge in [0.15, 0.2) is 5.69 Å². The highest BCUT2D eigenvalue weighted by molar-refractivity contribution is 6.04. The Kier molecular flexibility index (Phi) is 3.74. The standard InChI is InChI=1S/C16H17N5O/c1-21(2)15-11(6-5-9-17-15)10-18-16(22)14-12-7-3-4-8-13(12)19-20-14/h3-9H,10H2,1-2H3,(H,18,22)(H,19,20). The highest BCUT2D eigenvalue weighted by atomic mass is 16.1. The number of fused-ring (bicyclic) bond motifs is 1. The van der Waals surface area contributed by atoms with Crippen LogP contribution in [-0.4, -0.2) is 35.2 Å². The molecule has 0 saturated carbocycles. The third-order valence-corrected chi connectivity index (χ3v) is 3.42. The van der Waals surface area contributed by atoms with Crippen molar-refractivity contribution in [3.8, 4) is 0 Å². The Morgan fingerprint density at radius 3 is 2.86 bits per heavy atom. The molecule has 6 heteroatoms. The second-order valence-corrected chi connectivity index (χ2v) is 5.18. The van der Waals surface area contributed by atoms with Crippen molar-refractivity contribution in [2.75, 3.05) is 19.0 Å². The zero-order valence-electron chi connectivity index (χ0n) is 12.5. The summed E-state index contributed by atoms with van der Waals surface area (Å²) in [6.07, 6.45) is 1.74. The van der Waals surface area contributed by atoms with Gasteiger partial charge in [-0.3, -0.25) is 9.89 Å². The molecule has 0 aliphatic carbocycles. The molecule has 2 heterocycles. The van der Waals surface area contributed by atoms with Gasteiger partial charge in [0, 0.05) is 37.8 Å². The van der Waals surface area contributed by atoms with Gasteiger partial charge >= 0.3 is 0 Å². The van der Waals surface area contributed by atoms with Gasteiger partial charge in [0.2, 0.25) is 0 Å². The summed E-state index contributed by atoms with van der Waals surface area (Å²) in [5.74, 6) is 0.640. The van der Waals surface area contributed by atoms with Crippen LogP contribution >= 0.6 is 0 Å². The van der Waals surface area contributed by atoms with Crippen LogP contribution < -0.4 is 10.2 Å². The molecule has 0 saturated heterocycles. The first kappa shape index (κ1) is 14.1. The van der Waals surface area contributed by atoms with E-state index in [1.165, 1.54) is 0 Å². The molecule has 1 aromatic carbocycles. The lowest BCUT2D eigenvalue weighted by Gasteiger charge is -2.15. The number of aromatic nitrogens is 3. The molecule has 0 aliphatic rings. The quantitative estimate of drug-likeness (QED) is 0.771. The Hall–Kier alpha value is -2.89. The molecule has 0 bridgehead atoms. The minimum Gasteiger partial charge on any atom is -0.362 e. The molecule has 0 unspecified atom stereocenters. The first-order chi connectivity index (χ1) is 10.7. The van der Waals surface area contributed by atoms with Crippen molar-refractivity contribution >= 4 is 22.6 Å². The highest BCUT2D eigenvalue weighted by Gasteiger charge is 2.14. The van der Waals surface area contributed by atoms with Gasteiger partial charge in [-0.1, -0.05) is 24.3 Å². The molecule has 0 fully saturated rings. The zero-order valence-corrected chi connectivity index (χ0v) is 12.5.